The van der Waals surface area contributed by atoms with Crippen molar-refractivity contribution >= 4 is 17.4 Å². The van der Waals surface area contributed by atoms with Gasteiger partial charge in [0, 0.05) is 35.4 Å². The van der Waals surface area contributed by atoms with Gasteiger partial charge >= 0.3 is 0 Å². The molecule has 0 saturated heterocycles. The van der Waals surface area contributed by atoms with E-state index in [9.17, 15) is 0 Å². The quantitative estimate of drug-likeness (QED) is 0.856. The molecule has 4 heteroatoms. The molecular weight excluding hydrogens is 242 g/mol. The summed E-state index contributed by atoms with van der Waals surface area (Å²) in [6.45, 7) is 4.99. The van der Waals surface area contributed by atoms with Crippen LogP contribution in [0.1, 0.15) is 17.0 Å². The lowest BCUT2D eigenvalue weighted by Crippen LogP contribution is -2.03. The highest BCUT2D eigenvalue weighted by molar-refractivity contribution is 7.98. The molecule has 0 radical (unpaired) electrons. The van der Waals surface area contributed by atoms with Crippen LogP contribution in [0.25, 0.3) is 0 Å². The summed E-state index contributed by atoms with van der Waals surface area (Å²) < 4.78 is 1.94. The summed E-state index contributed by atoms with van der Waals surface area (Å²) in [6.07, 6.45) is 2.10. The van der Waals surface area contributed by atoms with E-state index in [0.717, 1.165) is 12.2 Å². The Bertz CT molecular complexity index is 546. The molecule has 0 saturated carbocycles. The average molecular weight is 261 g/mol. The van der Waals surface area contributed by atoms with Gasteiger partial charge in [0.15, 0.2) is 0 Å². The van der Waals surface area contributed by atoms with Gasteiger partial charge in [0.05, 0.1) is 5.69 Å². The van der Waals surface area contributed by atoms with E-state index in [2.05, 4.69) is 54.8 Å². The standard InChI is InChI=1S/C14H19N3S/c1-10-12(11(2)17(3)16-10)9-15-13-7-5-6-8-14(13)18-4/h5-8,15H,9H2,1-4H3. The number of aryl methyl sites for hydroxylation is 2. The molecule has 0 amide bonds. The second kappa shape index (κ2) is 5.48. The second-order valence-corrected chi connectivity index (χ2v) is 5.17. The van der Waals surface area contributed by atoms with Crippen LogP contribution in [0.5, 0.6) is 0 Å². The van der Waals surface area contributed by atoms with Crippen molar-refractivity contribution in [3.05, 3.63) is 41.2 Å². The van der Waals surface area contributed by atoms with Crippen LogP contribution >= 0.6 is 11.8 Å². The van der Waals surface area contributed by atoms with Crippen LogP contribution in [0.3, 0.4) is 0 Å². The van der Waals surface area contributed by atoms with Crippen LogP contribution < -0.4 is 5.32 Å². The molecule has 3 nitrogen and oxygen atoms in total. The van der Waals surface area contributed by atoms with Crippen LogP contribution in [0.15, 0.2) is 29.2 Å². The molecule has 0 fully saturated rings. The molecule has 0 atom stereocenters. The van der Waals surface area contributed by atoms with Crippen LogP contribution in [0.2, 0.25) is 0 Å². The van der Waals surface area contributed by atoms with Crippen molar-refractivity contribution in [2.75, 3.05) is 11.6 Å². The highest BCUT2D eigenvalue weighted by Crippen LogP contribution is 2.25. The molecule has 18 heavy (non-hydrogen) atoms. The Labute approximate surface area is 113 Å². The largest absolute Gasteiger partial charge is 0.380 e. The normalized spacial score (nSPS) is 10.7. The number of hydrogen-bond acceptors (Lipinski definition) is 3. The number of nitrogens with one attached hydrogen (secondary N) is 1. The second-order valence-electron chi connectivity index (χ2n) is 4.33. The fourth-order valence-electron chi connectivity index (χ4n) is 2.05. The molecule has 0 spiro atoms. The summed E-state index contributed by atoms with van der Waals surface area (Å²) in [5, 5.41) is 7.94. The van der Waals surface area contributed by atoms with E-state index < -0.39 is 0 Å². The van der Waals surface area contributed by atoms with E-state index in [1.54, 1.807) is 11.8 Å². The van der Waals surface area contributed by atoms with Gasteiger partial charge in [-0.1, -0.05) is 12.1 Å². The maximum Gasteiger partial charge on any atom is 0.0646 e. The van der Waals surface area contributed by atoms with Gasteiger partial charge in [0.2, 0.25) is 0 Å². The summed E-state index contributed by atoms with van der Waals surface area (Å²) in [6, 6.07) is 8.38. The van der Waals surface area contributed by atoms with Crippen molar-refractivity contribution in [3.8, 4) is 0 Å². The van der Waals surface area contributed by atoms with Gasteiger partial charge in [0.25, 0.3) is 0 Å². The molecule has 2 rings (SSSR count). The zero-order valence-electron chi connectivity index (χ0n) is 11.3. The zero-order valence-corrected chi connectivity index (χ0v) is 12.1. The van der Waals surface area contributed by atoms with Gasteiger partial charge in [0.1, 0.15) is 0 Å². The molecule has 0 unspecified atom stereocenters. The molecule has 96 valence electrons. The molecule has 2 aromatic rings. The SMILES string of the molecule is CSc1ccccc1NCc1c(C)nn(C)c1C. The van der Waals surface area contributed by atoms with Crippen LogP contribution in [-0.2, 0) is 13.6 Å². The summed E-state index contributed by atoms with van der Waals surface area (Å²) in [5.74, 6) is 0. The molecular formula is C14H19N3S. The molecule has 0 aliphatic heterocycles. The predicted molar refractivity (Wildman–Crippen MR) is 78.2 cm³/mol. The Morgan fingerprint density at radius 3 is 2.61 bits per heavy atom. The minimum Gasteiger partial charge on any atom is -0.380 e. The van der Waals surface area contributed by atoms with E-state index in [1.165, 1.54) is 21.8 Å². The third-order valence-electron chi connectivity index (χ3n) is 3.22. The first-order valence-corrected chi connectivity index (χ1v) is 7.22. The maximum atomic E-state index is 4.44. The Hall–Kier alpha value is -1.42. The lowest BCUT2D eigenvalue weighted by atomic mass is 10.2. The van der Waals surface area contributed by atoms with E-state index in [0.29, 0.717) is 0 Å². The third-order valence-corrected chi connectivity index (χ3v) is 4.02. The zero-order chi connectivity index (χ0) is 13.1. The van der Waals surface area contributed by atoms with E-state index >= 15 is 0 Å². The number of anilines is 1. The van der Waals surface area contributed by atoms with Crippen molar-refractivity contribution in [2.45, 2.75) is 25.3 Å². The minimum atomic E-state index is 0.822. The first-order chi connectivity index (χ1) is 8.63. The number of rotatable bonds is 4. The first-order valence-electron chi connectivity index (χ1n) is 5.99. The number of para-hydroxylation sites is 1. The fourth-order valence-corrected chi connectivity index (χ4v) is 2.62. The molecule has 1 aromatic carbocycles. The van der Waals surface area contributed by atoms with Crippen LogP contribution in [0, 0.1) is 13.8 Å². The molecule has 1 N–H and O–H groups in total. The highest BCUT2D eigenvalue weighted by Gasteiger charge is 2.09. The number of thioether (sulfide) groups is 1. The lowest BCUT2D eigenvalue weighted by molar-refractivity contribution is 0.730. The summed E-state index contributed by atoms with van der Waals surface area (Å²) in [4.78, 5) is 1.27. The first kappa shape index (κ1) is 13.0. The van der Waals surface area contributed by atoms with E-state index in [-0.39, 0.29) is 0 Å². The van der Waals surface area contributed by atoms with Crippen LogP contribution in [-0.4, -0.2) is 16.0 Å². The summed E-state index contributed by atoms with van der Waals surface area (Å²) in [7, 11) is 1.99. The monoisotopic (exact) mass is 261 g/mol. The highest BCUT2D eigenvalue weighted by atomic mass is 32.2. The van der Waals surface area contributed by atoms with Gasteiger partial charge in [-0.2, -0.15) is 5.10 Å². The Morgan fingerprint density at radius 1 is 1.28 bits per heavy atom. The summed E-state index contributed by atoms with van der Waals surface area (Å²) in [5.41, 5.74) is 4.80. The van der Waals surface area contributed by atoms with Crippen LogP contribution in [0.4, 0.5) is 5.69 Å². The minimum absolute atomic E-state index is 0.822. The van der Waals surface area contributed by atoms with Gasteiger partial charge in [-0.3, -0.25) is 4.68 Å². The maximum absolute atomic E-state index is 4.44. The lowest BCUT2D eigenvalue weighted by Gasteiger charge is -2.10. The smallest absolute Gasteiger partial charge is 0.0646 e. The summed E-state index contributed by atoms with van der Waals surface area (Å²) >= 11 is 1.76. The molecule has 1 aromatic heterocycles. The predicted octanol–water partition coefficient (Wildman–Crippen LogP) is 3.37. The van der Waals surface area contributed by atoms with Crippen molar-refractivity contribution in [2.24, 2.45) is 7.05 Å². The van der Waals surface area contributed by atoms with Crippen molar-refractivity contribution in [1.29, 1.82) is 0 Å². The van der Waals surface area contributed by atoms with Crippen molar-refractivity contribution in [3.63, 3.8) is 0 Å². The molecule has 0 bridgehead atoms. The van der Waals surface area contributed by atoms with Gasteiger partial charge in [-0.15, -0.1) is 11.8 Å². The number of aromatic nitrogens is 2. The van der Waals surface area contributed by atoms with E-state index in [1.807, 2.05) is 11.7 Å². The fraction of sp³-hybridized carbons (Fsp3) is 0.357. The topological polar surface area (TPSA) is 29.9 Å². The molecule has 1 heterocycles. The number of hydrogen-bond donors (Lipinski definition) is 1. The van der Waals surface area contributed by atoms with Crippen molar-refractivity contribution < 1.29 is 0 Å². The molecule has 0 aliphatic carbocycles. The number of benzene rings is 1. The Balaban J connectivity index is 2.16. The average Bonchev–Trinajstić information content (AvgIpc) is 2.62. The van der Waals surface area contributed by atoms with E-state index in [4.69, 9.17) is 0 Å². The van der Waals surface area contributed by atoms with Gasteiger partial charge in [-0.05, 0) is 32.2 Å². The van der Waals surface area contributed by atoms with Crippen molar-refractivity contribution in [1.82, 2.24) is 9.78 Å². The molecule has 0 aliphatic rings. The van der Waals surface area contributed by atoms with Gasteiger partial charge in [-0.25, -0.2) is 0 Å². The Kier molecular flexibility index (Phi) is 3.97. The third kappa shape index (κ3) is 2.53. The Morgan fingerprint density at radius 2 is 2.00 bits per heavy atom. The van der Waals surface area contributed by atoms with Gasteiger partial charge < -0.3 is 5.32 Å². The number of nitrogens with zero attached hydrogens (tertiary/aromatic N) is 2.